The van der Waals surface area contributed by atoms with Gasteiger partial charge in [-0.25, -0.2) is 0 Å². The van der Waals surface area contributed by atoms with Gasteiger partial charge in [0, 0.05) is 11.1 Å². The van der Waals surface area contributed by atoms with Crippen LogP contribution in [0.3, 0.4) is 0 Å². The molecule has 0 saturated carbocycles. The first-order valence-electron chi connectivity index (χ1n) is 5.27. The van der Waals surface area contributed by atoms with Gasteiger partial charge in [0.2, 0.25) is 0 Å². The summed E-state index contributed by atoms with van der Waals surface area (Å²) in [5.41, 5.74) is 10.6. The van der Waals surface area contributed by atoms with Gasteiger partial charge in [0.05, 0.1) is 17.1 Å². The Morgan fingerprint density at radius 2 is 2.06 bits per heavy atom. The molecule has 84 valence electrons. The SMILES string of the molecule is CCc1c(N)n[nH]c1-c1cc(C)nnc1C. The molecule has 5 nitrogen and oxygen atoms in total. The summed E-state index contributed by atoms with van der Waals surface area (Å²) in [7, 11) is 0. The van der Waals surface area contributed by atoms with Gasteiger partial charge in [-0.15, -0.1) is 0 Å². The highest BCUT2D eigenvalue weighted by Crippen LogP contribution is 2.27. The number of rotatable bonds is 2. The molecule has 2 aromatic rings. The molecule has 0 bridgehead atoms. The molecule has 0 saturated heterocycles. The summed E-state index contributed by atoms with van der Waals surface area (Å²) in [6.45, 7) is 5.90. The Kier molecular flexibility index (Phi) is 2.60. The van der Waals surface area contributed by atoms with Gasteiger partial charge in [-0.2, -0.15) is 15.3 Å². The summed E-state index contributed by atoms with van der Waals surface area (Å²) in [5, 5.41) is 15.1. The number of aromatic amines is 1. The van der Waals surface area contributed by atoms with E-state index in [1.807, 2.05) is 19.9 Å². The zero-order valence-corrected chi connectivity index (χ0v) is 9.70. The maximum absolute atomic E-state index is 5.80. The van der Waals surface area contributed by atoms with Crippen LogP contribution in [-0.2, 0) is 6.42 Å². The van der Waals surface area contributed by atoms with Crippen molar-refractivity contribution in [2.75, 3.05) is 5.73 Å². The molecule has 5 heteroatoms. The van der Waals surface area contributed by atoms with Crippen LogP contribution >= 0.6 is 0 Å². The highest BCUT2D eigenvalue weighted by Gasteiger charge is 2.13. The normalized spacial score (nSPS) is 10.7. The van der Waals surface area contributed by atoms with Gasteiger partial charge in [0.25, 0.3) is 0 Å². The summed E-state index contributed by atoms with van der Waals surface area (Å²) in [4.78, 5) is 0. The first kappa shape index (κ1) is 10.6. The molecule has 0 aliphatic carbocycles. The van der Waals surface area contributed by atoms with Gasteiger partial charge in [0.15, 0.2) is 0 Å². The molecule has 0 radical (unpaired) electrons. The van der Waals surface area contributed by atoms with Crippen LogP contribution in [-0.4, -0.2) is 20.4 Å². The zero-order valence-electron chi connectivity index (χ0n) is 9.70. The van der Waals surface area contributed by atoms with E-state index < -0.39 is 0 Å². The highest BCUT2D eigenvalue weighted by molar-refractivity contribution is 5.69. The fourth-order valence-corrected chi connectivity index (χ4v) is 1.76. The molecule has 0 aliphatic heterocycles. The quantitative estimate of drug-likeness (QED) is 0.801. The molecule has 0 amide bonds. The number of hydrogen-bond acceptors (Lipinski definition) is 4. The Morgan fingerprint density at radius 3 is 2.75 bits per heavy atom. The van der Waals surface area contributed by atoms with E-state index in [0.29, 0.717) is 5.82 Å². The van der Waals surface area contributed by atoms with Crippen molar-refractivity contribution < 1.29 is 0 Å². The molecule has 0 atom stereocenters. The van der Waals surface area contributed by atoms with Crippen LogP contribution in [0.15, 0.2) is 6.07 Å². The van der Waals surface area contributed by atoms with Crippen LogP contribution in [0.25, 0.3) is 11.3 Å². The molecule has 2 heterocycles. The van der Waals surface area contributed by atoms with E-state index in [-0.39, 0.29) is 0 Å². The van der Waals surface area contributed by atoms with Gasteiger partial charge in [0.1, 0.15) is 5.82 Å². The Hall–Kier alpha value is -1.91. The smallest absolute Gasteiger partial charge is 0.149 e. The highest BCUT2D eigenvalue weighted by atomic mass is 15.2. The minimum atomic E-state index is 0.561. The number of nitrogens with zero attached hydrogens (tertiary/aromatic N) is 3. The minimum absolute atomic E-state index is 0.561. The number of hydrogen-bond donors (Lipinski definition) is 2. The number of nitrogens with two attached hydrogens (primary N) is 1. The number of nitrogens with one attached hydrogen (secondary N) is 1. The van der Waals surface area contributed by atoms with E-state index in [1.165, 1.54) is 0 Å². The molecule has 16 heavy (non-hydrogen) atoms. The van der Waals surface area contributed by atoms with Crippen molar-refractivity contribution in [3.05, 3.63) is 23.0 Å². The standard InChI is InChI=1S/C11H15N5/c1-4-8-10(15-16-11(8)12)9-5-6(2)13-14-7(9)3/h5H,4H2,1-3H3,(H3,12,15,16). The van der Waals surface area contributed by atoms with Crippen molar-refractivity contribution in [3.63, 3.8) is 0 Å². The molecule has 2 rings (SSSR count). The number of aryl methyl sites for hydroxylation is 2. The van der Waals surface area contributed by atoms with Crippen LogP contribution in [0.2, 0.25) is 0 Å². The van der Waals surface area contributed by atoms with E-state index >= 15 is 0 Å². The number of anilines is 1. The lowest BCUT2D eigenvalue weighted by Crippen LogP contribution is -1.96. The maximum atomic E-state index is 5.80. The lowest BCUT2D eigenvalue weighted by molar-refractivity contribution is 0.939. The third-order valence-corrected chi connectivity index (χ3v) is 2.62. The Balaban J connectivity index is 2.62. The van der Waals surface area contributed by atoms with Crippen molar-refractivity contribution in [2.24, 2.45) is 0 Å². The fraction of sp³-hybridized carbons (Fsp3) is 0.364. The van der Waals surface area contributed by atoms with Crippen LogP contribution in [0.5, 0.6) is 0 Å². The first-order valence-corrected chi connectivity index (χ1v) is 5.27. The van der Waals surface area contributed by atoms with E-state index in [2.05, 4.69) is 27.3 Å². The van der Waals surface area contributed by atoms with Crippen molar-refractivity contribution in [2.45, 2.75) is 27.2 Å². The van der Waals surface area contributed by atoms with E-state index in [9.17, 15) is 0 Å². The zero-order chi connectivity index (χ0) is 11.7. The summed E-state index contributed by atoms with van der Waals surface area (Å²) in [5.74, 6) is 0.561. The molecule has 0 fully saturated rings. The summed E-state index contributed by atoms with van der Waals surface area (Å²) in [6, 6.07) is 1.99. The molecule has 2 aromatic heterocycles. The molecule has 0 spiro atoms. The second-order valence-corrected chi connectivity index (χ2v) is 3.80. The first-order chi connectivity index (χ1) is 7.63. The predicted octanol–water partition coefficient (Wildman–Crippen LogP) is 1.63. The molecule has 3 N–H and O–H groups in total. The van der Waals surface area contributed by atoms with Crippen LogP contribution in [0.1, 0.15) is 23.9 Å². The molecule has 0 unspecified atom stereocenters. The number of H-pyrrole nitrogens is 1. The topological polar surface area (TPSA) is 80.5 Å². The predicted molar refractivity (Wildman–Crippen MR) is 62.9 cm³/mol. The average Bonchev–Trinajstić information content (AvgIpc) is 2.63. The van der Waals surface area contributed by atoms with Crippen LogP contribution in [0.4, 0.5) is 5.82 Å². The van der Waals surface area contributed by atoms with Crippen LogP contribution < -0.4 is 5.73 Å². The summed E-state index contributed by atoms with van der Waals surface area (Å²) < 4.78 is 0. The van der Waals surface area contributed by atoms with Gasteiger partial charge < -0.3 is 5.73 Å². The van der Waals surface area contributed by atoms with Gasteiger partial charge in [-0.3, -0.25) is 5.10 Å². The van der Waals surface area contributed by atoms with Gasteiger partial charge in [-0.05, 0) is 26.3 Å². The Labute approximate surface area is 94.1 Å². The van der Waals surface area contributed by atoms with E-state index in [1.54, 1.807) is 0 Å². The Bertz CT molecular complexity index is 515. The van der Waals surface area contributed by atoms with Crippen LogP contribution in [0, 0.1) is 13.8 Å². The molecule has 0 aromatic carbocycles. The lowest BCUT2D eigenvalue weighted by Gasteiger charge is -2.05. The summed E-state index contributed by atoms with van der Waals surface area (Å²) >= 11 is 0. The minimum Gasteiger partial charge on any atom is -0.382 e. The van der Waals surface area contributed by atoms with E-state index in [0.717, 1.165) is 34.6 Å². The second-order valence-electron chi connectivity index (χ2n) is 3.80. The van der Waals surface area contributed by atoms with Gasteiger partial charge >= 0.3 is 0 Å². The second kappa shape index (κ2) is 3.92. The van der Waals surface area contributed by atoms with Crippen molar-refractivity contribution >= 4 is 5.82 Å². The van der Waals surface area contributed by atoms with E-state index in [4.69, 9.17) is 5.73 Å². The van der Waals surface area contributed by atoms with Gasteiger partial charge in [-0.1, -0.05) is 6.92 Å². The van der Waals surface area contributed by atoms with Crippen molar-refractivity contribution in [3.8, 4) is 11.3 Å². The average molecular weight is 217 g/mol. The molecular formula is C11H15N5. The molecular weight excluding hydrogens is 202 g/mol. The largest absolute Gasteiger partial charge is 0.382 e. The van der Waals surface area contributed by atoms with Crippen molar-refractivity contribution in [1.82, 2.24) is 20.4 Å². The lowest BCUT2D eigenvalue weighted by atomic mass is 10.0. The monoisotopic (exact) mass is 217 g/mol. The number of aromatic nitrogens is 4. The maximum Gasteiger partial charge on any atom is 0.149 e. The number of nitrogen functional groups attached to an aromatic ring is 1. The third-order valence-electron chi connectivity index (χ3n) is 2.62. The Morgan fingerprint density at radius 1 is 1.31 bits per heavy atom. The fourth-order valence-electron chi connectivity index (χ4n) is 1.76. The third kappa shape index (κ3) is 1.64. The van der Waals surface area contributed by atoms with Crippen molar-refractivity contribution in [1.29, 1.82) is 0 Å². The summed E-state index contributed by atoms with van der Waals surface area (Å²) in [6.07, 6.45) is 0.846. The molecule has 0 aliphatic rings.